The highest BCUT2D eigenvalue weighted by Crippen LogP contribution is 2.43. The van der Waals surface area contributed by atoms with Crippen LogP contribution in [0.15, 0.2) is 0 Å². The van der Waals surface area contributed by atoms with E-state index in [1.165, 1.54) is 24.7 Å². The lowest BCUT2D eigenvalue weighted by Gasteiger charge is -2.04. The third-order valence-electron chi connectivity index (χ3n) is 2.97. The van der Waals surface area contributed by atoms with Gasteiger partial charge in [-0.15, -0.1) is 0 Å². The van der Waals surface area contributed by atoms with Gasteiger partial charge in [-0.3, -0.25) is 0 Å². The highest BCUT2D eigenvalue weighted by atomic mass is 14.4. The van der Waals surface area contributed by atoms with Gasteiger partial charge in [0.15, 0.2) is 0 Å². The first-order valence-corrected chi connectivity index (χ1v) is 4.97. The number of hydrogen-bond donors (Lipinski definition) is 0. The van der Waals surface area contributed by atoms with Gasteiger partial charge in [-0.05, 0) is 11.8 Å². The second-order valence-corrected chi connectivity index (χ2v) is 3.38. The maximum atomic E-state index is 2.00. The molecule has 2 fully saturated rings. The zero-order valence-corrected chi connectivity index (χ0v) is 7.40. The van der Waals surface area contributed by atoms with E-state index in [1.807, 2.05) is 13.8 Å². The van der Waals surface area contributed by atoms with Crippen molar-refractivity contribution in [2.45, 2.75) is 59.8 Å². The maximum absolute atomic E-state index is 2.00. The van der Waals surface area contributed by atoms with E-state index >= 15 is 0 Å². The Bertz CT molecular complexity index is 66.0. The summed E-state index contributed by atoms with van der Waals surface area (Å²) in [5.74, 6) is 2.35. The summed E-state index contributed by atoms with van der Waals surface area (Å²) in [5.41, 5.74) is 0. The first-order valence-electron chi connectivity index (χ1n) is 4.97. The van der Waals surface area contributed by atoms with Gasteiger partial charge in [-0.25, -0.2) is 0 Å². The second kappa shape index (κ2) is 5.62. The van der Waals surface area contributed by atoms with Crippen LogP contribution < -0.4 is 0 Å². The zero-order chi connectivity index (χ0) is 7.40. The van der Waals surface area contributed by atoms with E-state index in [1.54, 1.807) is 25.7 Å². The monoisotopic (exact) mass is 156 g/mol. The predicted octanol–water partition coefficient (Wildman–Crippen LogP) is 4.25. The van der Waals surface area contributed by atoms with Crippen molar-refractivity contribution in [3.05, 3.63) is 0 Å². The molecule has 2 rings (SSSR count). The maximum Gasteiger partial charge on any atom is -0.0386 e. The topological polar surface area (TPSA) is 0 Å². The smallest absolute Gasteiger partial charge is 0.0386 e. The zero-order valence-electron chi connectivity index (χ0n) is 7.40. The van der Waals surface area contributed by atoms with E-state index in [2.05, 4.69) is 0 Å². The molecule has 0 aromatic heterocycles. The van der Waals surface area contributed by atoms with E-state index in [-0.39, 0.29) is 7.43 Å². The van der Waals surface area contributed by atoms with E-state index in [9.17, 15) is 0 Å². The van der Waals surface area contributed by atoms with Crippen LogP contribution in [0.2, 0.25) is 0 Å². The summed E-state index contributed by atoms with van der Waals surface area (Å²) in [6, 6.07) is 0. The van der Waals surface area contributed by atoms with Gasteiger partial charge < -0.3 is 0 Å². The van der Waals surface area contributed by atoms with Crippen LogP contribution in [0.25, 0.3) is 0 Å². The molecule has 0 aromatic rings. The molecule has 0 radical (unpaired) electrons. The first kappa shape index (κ1) is 11.0. The molecule has 0 spiro atoms. The van der Waals surface area contributed by atoms with Gasteiger partial charge in [0, 0.05) is 0 Å². The molecule has 0 heterocycles. The summed E-state index contributed by atoms with van der Waals surface area (Å²) >= 11 is 0. The molecule has 0 heteroatoms. The lowest BCUT2D eigenvalue weighted by molar-refractivity contribution is 0.457. The van der Waals surface area contributed by atoms with Crippen molar-refractivity contribution in [1.29, 1.82) is 0 Å². The van der Waals surface area contributed by atoms with Crippen LogP contribution in [-0.2, 0) is 0 Å². The van der Waals surface area contributed by atoms with Gasteiger partial charge in [-0.2, -0.15) is 0 Å². The van der Waals surface area contributed by atoms with Crippen LogP contribution in [0.5, 0.6) is 0 Å². The van der Waals surface area contributed by atoms with Crippen molar-refractivity contribution in [2.75, 3.05) is 0 Å². The number of fused-ring (bicyclic) bond motifs is 1. The Hall–Kier alpha value is 0. The van der Waals surface area contributed by atoms with Crippen molar-refractivity contribution >= 4 is 0 Å². The minimum atomic E-state index is 0. The minimum absolute atomic E-state index is 0. The summed E-state index contributed by atoms with van der Waals surface area (Å²) in [5, 5.41) is 0. The molecule has 68 valence electrons. The van der Waals surface area contributed by atoms with Gasteiger partial charge >= 0.3 is 0 Å². The first-order chi connectivity index (χ1) is 4.97. The van der Waals surface area contributed by atoms with Gasteiger partial charge in [0.25, 0.3) is 0 Å². The third kappa shape index (κ3) is 2.50. The lowest BCUT2D eigenvalue weighted by Crippen LogP contribution is -1.95. The average Bonchev–Trinajstić information content (AvgIpc) is 2.49. The van der Waals surface area contributed by atoms with E-state index in [0.717, 1.165) is 0 Å². The fraction of sp³-hybridized carbons (Fsp3) is 1.00. The Morgan fingerprint density at radius 1 is 0.727 bits per heavy atom. The summed E-state index contributed by atoms with van der Waals surface area (Å²) in [6.45, 7) is 4.00. The molecular formula is C11H24. The molecule has 0 nitrogen and oxygen atoms in total. The van der Waals surface area contributed by atoms with Crippen molar-refractivity contribution in [3.63, 3.8) is 0 Å². The lowest BCUT2D eigenvalue weighted by atomic mass is 10.0. The molecule has 2 saturated carbocycles. The molecule has 0 amide bonds. The van der Waals surface area contributed by atoms with Gasteiger partial charge in [0.05, 0.1) is 0 Å². The Morgan fingerprint density at radius 2 is 1.00 bits per heavy atom. The standard InChI is InChI=1S/C8H14.C2H6.CH4/c1-3-7-5-2-6-8(7)4-1;1-2;/h7-8H,1-6H2;1-2H3;1H4. The summed E-state index contributed by atoms with van der Waals surface area (Å²) in [6.07, 6.45) is 9.31. The SMILES string of the molecule is C.C1CC2CCCC2C1.CC. The molecule has 2 aliphatic carbocycles. The fourth-order valence-corrected chi connectivity index (χ4v) is 2.52. The normalized spacial score (nSPS) is 33.3. The van der Waals surface area contributed by atoms with Crippen LogP contribution >= 0.6 is 0 Å². The highest BCUT2D eigenvalue weighted by Gasteiger charge is 2.30. The average molecular weight is 156 g/mol. The van der Waals surface area contributed by atoms with Crippen molar-refractivity contribution in [3.8, 4) is 0 Å². The predicted molar refractivity (Wildman–Crippen MR) is 52.8 cm³/mol. The minimum Gasteiger partial charge on any atom is -0.0776 e. The molecule has 0 aliphatic heterocycles. The number of hydrogen-bond acceptors (Lipinski definition) is 0. The Kier molecular flexibility index (Phi) is 5.62. The molecule has 0 N–H and O–H groups in total. The molecule has 2 aliphatic rings. The van der Waals surface area contributed by atoms with Crippen molar-refractivity contribution in [1.82, 2.24) is 0 Å². The van der Waals surface area contributed by atoms with Crippen molar-refractivity contribution in [2.24, 2.45) is 11.8 Å². The summed E-state index contributed by atoms with van der Waals surface area (Å²) < 4.78 is 0. The second-order valence-electron chi connectivity index (χ2n) is 3.38. The van der Waals surface area contributed by atoms with Crippen LogP contribution in [0.3, 0.4) is 0 Å². The molecule has 0 bridgehead atoms. The quantitative estimate of drug-likeness (QED) is 0.492. The third-order valence-corrected chi connectivity index (χ3v) is 2.97. The van der Waals surface area contributed by atoms with E-state index in [4.69, 9.17) is 0 Å². The summed E-state index contributed by atoms with van der Waals surface area (Å²) in [7, 11) is 0. The van der Waals surface area contributed by atoms with Crippen molar-refractivity contribution < 1.29 is 0 Å². The highest BCUT2D eigenvalue weighted by molar-refractivity contribution is 4.82. The molecule has 0 atom stereocenters. The fourth-order valence-electron chi connectivity index (χ4n) is 2.52. The van der Waals surface area contributed by atoms with E-state index < -0.39 is 0 Å². The Balaban J connectivity index is 0.000000311. The van der Waals surface area contributed by atoms with Crippen LogP contribution in [0.4, 0.5) is 0 Å². The number of rotatable bonds is 0. The summed E-state index contributed by atoms with van der Waals surface area (Å²) in [4.78, 5) is 0. The van der Waals surface area contributed by atoms with Gasteiger partial charge in [-0.1, -0.05) is 59.8 Å². The molecule has 0 aromatic carbocycles. The molecule has 0 unspecified atom stereocenters. The van der Waals surface area contributed by atoms with Crippen LogP contribution in [0.1, 0.15) is 59.8 Å². The van der Waals surface area contributed by atoms with Crippen LogP contribution in [-0.4, -0.2) is 0 Å². The molecular weight excluding hydrogens is 132 g/mol. The van der Waals surface area contributed by atoms with Gasteiger partial charge in [0.1, 0.15) is 0 Å². The Labute approximate surface area is 72.4 Å². The largest absolute Gasteiger partial charge is 0.0776 e. The Morgan fingerprint density at radius 3 is 1.27 bits per heavy atom. The van der Waals surface area contributed by atoms with Crippen LogP contribution in [0, 0.1) is 11.8 Å². The molecule has 11 heavy (non-hydrogen) atoms. The van der Waals surface area contributed by atoms with E-state index in [0.29, 0.717) is 0 Å². The molecule has 0 saturated heterocycles. The van der Waals surface area contributed by atoms with Gasteiger partial charge in [0.2, 0.25) is 0 Å².